The second-order valence-electron chi connectivity index (χ2n) is 2.44. The standard InChI is InChI=1S/C7H3F3N2O3/c8-6(9)4-3(2-13)1-11-7(10)5(4)12(14)15/h1-2,6H. The highest BCUT2D eigenvalue weighted by atomic mass is 19.3. The second-order valence-corrected chi connectivity index (χ2v) is 2.44. The van der Waals surface area contributed by atoms with Crippen LogP contribution < -0.4 is 0 Å². The lowest BCUT2D eigenvalue weighted by Gasteiger charge is -2.03. The van der Waals surface area contributed by atoms with E-state index >= 15 is 0 Å². The molecule has 0 aromatic carbocycles. The minimum atomic E-state index is -3.32. The van der Waals surface area contributed by atoms with E-state index in [0.717, 1.165) is 0 Å². The number of rotatable bonds is 3. The molecule has 0 bridgehead atoms. The summed E-state index contributed by atoms with van der Waals surface area (Å²) in [6, 6.07) is 0. The van der Waals surface area contributed by atoms with Crippen LogP contribution in [0.5, 0.6) is 0 Å². The Hall–Kier alpha value is -1.99. The van der Waals surface area contributed by atoms with Crippen molar-refractivity contribution >= 4 is 12.0 Å². The van der Waals surface area contributed by atoms with E-state index in [2.05, 4.69) is 4.98 Å². The van der Waals surface area contributed by atoms with Gasteiger partial charge in [-0.05, 0) is 0 Å². The van der Waals surface area contributed by atoms with Crippen LogP contribution in [-0.4, -0.2) is 16.2 Å². The third kappa shape index (κ3) is 1.92. The number of aromatic nitrogens is 1. The molecule has 0 aliphatic rings. The van der Waals surface area contributed by atoms with Crippen LogP contribution in [0.1, 0.15) is 22.3 Å². The molecule has 0 amide bonds. The van der Waals surface area contributed by atoms with Crippen LogP contribution in [0, 0.1) is 16.1 Å². The molecule has 0 aliphatic carbocycles. The highest BCUT2D eigenvalue weighted by Crippen LogP contribution is 2.32. The van der Waals surface area contributed by atoms with Crippen LogP contribution in [0.3, 0.4) is 0 Å². The third-order valence-electron chi connectivity index (χ3n) is 1.61. The van der Waals surface area contributed by atoms with Crippen molar-refractivity contribution < 1.29 is 22.9 Å². The maximum atomic E-state index is 12.8. The van der Waals surface area contributed by atoms with Crippen molar-refractivity contribution in [2.45, 2.75) is 6.43 Å². The minimum absolute atomic E-state index is 0.0407. The Bertz CT molecular complexity index is 422. The molecule has 1 heterocycles. The first-order valence-electron chi connectivity index (χ1n) is 3.55. The summed E-state index contributed by atoms with van der Waals surface area (Å²) >= 11 is 0. The summed E-state index contributed by atoms with van der Waals surface area (Å²) in [7, 11) is 0. The van der Waals surface area contributed by atoms with E-state index < -0.39 is 34.1 Å². The molecule has 0 atom stereocenters. The lowest BCUT2D eigenvalue weighted by molar-refractivity contribution is -0.389. The van der Waals surface area contributed by atoms with E-state index in [9.17, 15) is 28.1 Å². The number of carbonyl (C=O) groups is 1. The smallest absolute Gasteiger partial charge is 0.298 e. The number of nitro groups is 1. The fraction of sp³-hybridized carbons (Fsp3) is 0.143. The van der Waals surface area contributed by atoms with E-state index in [1.54, 1.807) is 0 Å². The van der Waals surface area contributed by atoms with Crippen LogP contribution in [0.2, 0.25) is 0 Å². The number of hydrogen-bond donors (Lipinski definition) is 0. The van der Waals surface area contributed by atoms with Crippen LogP contribution in [0.4, 0.5) is 18.9 Å². The van der Waals surface area contributed by atoms with Gasteiger partial charge in [-0.2, -0.15) is 4.39 Å². The lowest BCUT2D eigenvalue weighted by atomic mass is 10.1. The highest BCUT2D eigenvalue weighted by molar-refractivity contribution is 5.79. The maximum Gasteiger partial charge on any atom is 0.333 e. The Morgan fingerprint density at radius 3 is 2.53 bits per heavy atom. The van der Waals surface area contributed by atoms with Crippen molar-refractivity contribution in [1.82, 2.24) is 4.98 Å². The van der Waals surface area contributed by atoms with Crippen LogP contribution in [0.25, 0.3) is 0 Å². The van der Waals surface area contributed by atoms with Gasteiger partial charge >= 0.3 is 5.69 Å². The fourth-order valence-corrected chi connectivity index (χ4v) is 1.00. The van der Waals surface area contributed by atoms with Gasteiger partial charge in [-0.3, -0.25) is 14.9 Å². The average Bonchev–Trinajstić information content (AvgIpc) is 2.16. The number of halogens is 3. The number of alkyl halides is 2. The molecule has 0 fully saturated rings. The zero-order valence-electron chi connectivity index (χ0n) is 6.99. The quantitative estimate of drug-likeness (QED) is 0.337. The maximum absolute atomic E-state index is 12.8. The molecule has 5 nitrogen and oxygen atoms in total. The van der Waals surface area contributed by atoms with Gasteiger partial charge in [0.25, 0.3) is 12.4 Å². The van der Waals surface area contributed by atoms with E-state index in [1.165, 1.54) is 0 Å². The topological polar surface area (TPSA) is 73.1 Å². The van der Waals surface area contributed by atoms with Crippen molar-refractivity contribution in [2.24, 2.45) is 0 Å². The molecule has 15 heavy (non-hydrogen) atoms. The van der Waals surface area contributed by atoms with Gasteiger partial charge in [0.1, 0.15) is 5.56 Å². The Labute approximate surface area is 80.7 Å². The molecule has 80 valence electrons. The summed E-state index contributed by atoms with van der Waals surface area (Å²) < 4.78 is 37.5. The Balaban J connectivity index is 3.58. The molecule has 0 saturated heterocycles. The molecule has 1 aromatic heterocycles. The highest BCUT2D eigenvalue weighted by Gasteiger charge is 2.30. The first-order valence-corrected chi connectivity index (χ1v) is 3.55. The molecule has 0 aliphatic heterocycles. The van der Waals surface area contributed by atoms with Crippen molar-refractivity contribution in [3.05, 3.63) is 33.4 Å². The van der Waals surface area contributed by atoms with Gasteiger partial charge in [-0.1, -0.05) is 0 Å². The van der Waals surface area contributed by atoms with Gasteiger partial charge in [0.05, 0.1) is 4.92 Å². The minimum Gasteiger partial charge on any atom is -0.298 e. The van der Waals surface area contributed by atoms with Gasteiger partial charge < -0.3 is 0 Å². The molecule has 8 heteroatoms. The Kier molecular flexibility index (Phi) is 2.98. The van der Waals surface area contributed by atoms with Gasteiger partial charge in [-0.25, -0.2) is 13.8 Å². The SMILES string of the molecule is O=Cc1cnc(F)c([N+](=O)[O-])c1C(F)F. The Morgan fingerprint density at radius 2 is 2.13 bits per heavy atom. The van der Waals surface area contributed by atoms with E-state index in [0.29, 0.717) is 6.20 Å². The third-order valence-corrected chi connectivity index (χ3v) is 1.61. The first kappa shape index (κ1) is 11.1. The molecule has 0 unspecified atom stereocenters. The summed E-state index contributed by atoms with van der Waals surface area (Å²) in [6.45, 7) is 0. The largest absolute Gasteiger partial charge is 0.333 e. The molecule has 1 rings (SSSR count). The van der Waals surface area contributed by atoms with Crippen molar-refractivity contribution in [3.8, 4) is 0 Å². The molecule has 1 aromatic rings. The molecular weight excluding hydrogens is 217 g/mol. The predicted molar refractivity (Wildman–Crippen MR) is 41.2 cm³/mol. The number of carbonyl (C=O) groups excluding carboxylic acids is 1. The van der Waals surface area contributed by atoms with Gasteiger partial charge in [0.2, 0.25) is 0 Å². The van der Waals surface area contributed by atoms with Crippen molar-refractivity contribution in [1.29, 1.82) is 0 Å². The first-order chi connectivity index (χ1) is 6.99. The van der Waals surface area contributed by atoms with Crippen molar-refractivity contribution in [3.63, 3.8) is 0 Å². The number of pyridine rings is 1. The predicted octanol–water partition coefficient (Wildman–Crippen LogP) is 1.88. The molecule has 0 spiro atoms. The number of hydrogen-bond acceptors (Lipinski definition) is 4. The summed E-state index contributed by atoms with van der Waals surface area (Å²) in [5.74, 6) is -1.64. The molecule has 0 N–H and O–H groups in total. The van der Waals surface area contributed by atoms with Crippen LogP contribution in [0.15, 0.2) is 6.20 Å². The monoisotopic (exact) mass is 220 g/mol. The molecule has 0 radical (unpaired) electrons. The summed E-state index contributed by atoms with van der Waals surface area (Å²) in [4.78, 5) is 22.1. The van der Waals surface area contributed by atoms with E-state index in [-0.39, 0.29) is 6.29 Å². The van der Waals surface area contributed by atoms with E-state index in [1.807, 2.05) is 0 Å². The summed E-state index contributed by atoms with van der Waals surface area (Å²) in [5.41, 5.74) is -3.41. The van der Waals surface area contributed by atoms with Gasteiger partial charge in [-0.15, -0.1) is 0 Å². The molecular formula is C7H3F3N2O3. The zero-order valence-corrected chi connectivity index (χ0v) is 6.99. The molecule has 0 saturated carbocycles. The van der Waals surface area contributed by atoms with Crippen LogP contribution >= 0.6 is 0 Å². The summed E-state index contributed by atoms with van der Waals surface area (Å²) in [6.07, 6.45) is -2.83. The van der Waals surface area contributed by atoms with Crippen molar-refractivity contribution in [2.75, 3.05) is 0 Å². The zero-order chi connectivity index (χ0) is 11.6. The summed E-state index contributed by atoms with van der Waals surface area (Å²) in [5, 5.41) is 10.3. The fourth-order valence-electron chi connectivity index (χ4n) is 1.00. The second kappa shape index (κ2) is 4.03. The Morgan fingerprint density at radius 1 is 1.53 bits per heavy atom. The van der Waals surface area contributed by atoms with E-state index in [4.69, 9.17) is 0 Å². The normalized spacial score (nSPS) is 10.4. The number of nitrogens with zero attached hydrogens (tertiary/aromatic N) is 2. The number of aldehydes is 1. The van der Waals surface area contributed by atoms with Crippen LogP contribution in [-0.2, 0) is 0 Å². The lowest BCUT2D eigenvalue weighted by Crippen LogP contribution is -2.05. The average molecular weight is 220 g/mol. The van der Waals surface area contributed by atoms with Gasteiger partial charge in [0.15, 0.2) is 6.29 Å². The van der Waals surface area contributed by atoms with Gasteiger partial charge in [0, 0.05) is 11.8 Å².